The lowest BCUT2D eigenvalue weighted by Crippen LogP contribution is -2.25. The first kappa shape index (κ1) is 34.6. The highest BCUT2D eigenvalue weighted by molar-refractivity contribution is 6.27. The molecule has 0 radical (unpaired) electrons. The van der Waals surface area contributed by atoms with E-state index in [-0.39, 0.29) is 5.41 Å². The van der Waals surface area contributed by atoms with E-state index in [4.69, 9.17) is 0 Å². The maximum atomic E-state index is 2.56. The van der Waals surface area contributed by atoms with E-state index < -0.39 is 0 Å². The van der Waals surface area contributed by atoms with Crippen LogP contribution in [0.5, 0.6) is 0 Å². The number of hydrogen-bond acceptors (Lipinski definition) is 0. The van der Waals surface area contributed by atoms with E-state index in [2.05, 4.69) is 231 Å². The molecule has 0 fully saturated rings. The van der Waals surface area contributed by atoms with Crippen LogP contribution in [-0.4, -0.2) is 0 Å². The Labute approximate surface area is 366 Å². The quantitative estimate of drug-likeness (QED) is 0.123. The Morgan fingerprint density at radius 2 is 0.556 bits per heavy atom. The molecule has 2 aliphatic rings. The van der Waals surface area contributed by atoms with Crippen molar-refractivity contribution in [2.75, 3.05) is 0 Å². The van der Waals surface area contributed by atoms with Crippen molar-refractivity contribution in [1.29, 1.82) is 0 Å². The number of benzene rings is 12. The molecular weight excluding hydrogens is 757 g/mol. The molecule has 0 heterocycles. The highest BCUT2D eigenvalue weighted by atomic mass is 14.5. The normalized spacial score (nSPS) is 13.2. The maximum Gasteiger partial charge on any atom is 0.0725 e. The van der Waals surface area contributed by atoms with Gasteiger partial charge in [-0.15, -0.1) is 0 Å². The van der Waals surface area contributed by atoms with Crippen molar-refractivity contribution in [2.24, 2.45) is 0 Å². The highest BCUT2D eigenvalue weighted by Crippen LogP contribution is 2.63. The van der Waals surface area contributed by atoms with Crippen molar-refractivity contribution in [3.63, 3.8) is 0 Å². The zero-order valence-corrected chi connectivity index (χ0v) is 34.4. The fourth-order valence-electron chi connectivity index (χ4n) is 11.9. The van der Waals surface area contributed by atoms with Gasteiger partial charge >= 0.3 is 0 Å². The minimum Gasteiger partial charge on any atom is -0.0622 e. The predicted molar refractivity (Wildman–Crippen MR) is 267 cm³/mol. The largest absolute Gasteiger partial charge is 0.0725 e. The monoisotopic (exact) mass is 794 g/mol. The molecule has 12 aromatic rings. The van der Waals surface area contributed by atoms with Gasteiger partial charge in [-0.1, -0.05) is 212 Å². The van der Waals surface area contributed by atoms with Crippen molar-refractivity contribution >= 4 is 53.9 Å². The molecule has 0 bridgehead atoms. The highest BCUT2D eigenvalue weighted by Gasteiger charge is 2.51. The lowest BCUT2D eigenvalue weighted by molar-refractivity contribution is 0.795. The van der Waals surface area contributed by atoms with Gasteiger partial charge in [-0.2, -0.15) is 0 Å². The van der Waals surface area contributed by atoms with Gasteiger partial charge in [0.1, 0.15) is 0 Å². The van der Waals surface area contributed by atoms with E-state index in [1.807, 2.05) is 0 Å². The number of rotatable bonds is 3. The first-order chi connectivity index (χ1) is 31.3. The third-order valence-electron chi connectivity index (χ3n) is 14.5. The standard InChI is InChI=1S/C63H38/c1-2-16-40(17-3-1)61-49-23-6-8-25-51(49)62(52-26-9-7-24-50(52)61)41-32-30-39(31-33-41)42-34-35-45-53(36-42)43-18-4-5-19-44(43)54-37-56-48-22-12-15-29-59(48)63(60(56)38-55(45)54)57-27-13-10-20-46(57)47-21-11-14-28-58(47)63/h1-38H. The van der Waals surface area contributed by atoms with E-state index in [9.17, 15) is 0 Å². The molecule has 63 heavy (non-hydrogen) atoms. The van der Waals surface area contributed by atoms with Crippen LogP contribution in [0, 0.1) is 0 Å². The van der Waals surface area contributed by atoms with E-state index in [0.717, 1.165) is 0 Å². The van der Waals surface area contributed by atoms with Crippen LogP contribution in [0.15, 0.2) is 231 Å². The lowest BCUT2D eigenvalue weighted by atomic mass is 9.70. The summed E-state index contributed by atoms with van der Waals surface area (Å²) in [5, 5.41) is 12.8. The third kappa shape index (κ3) is 4.65. The SMILES string of the molecule is c1ccc(-c2c3ccccc3c(-c3ccc(-c4ccc5c(c4)c4ccccc4c4cc6c(cc54)C4(c5ccccc5-c5ccccc54)c4ccccc4-6)cc3)c3ccccc23)cc1. The fraction of sp³-hybridized carbons (Fsp3) is 0.0159. The summed E-state index contributed by atoms with van der Waals surface area (Å²) in [4.78, 5) is 0. The van der Waals surface area contributed by atoms with Gasteiger partial charge in [-0.05, 0) is 150 Å². The smallest absolute Gasteiger partial charge is 0.0622 e. The molecule has 0 aromatic heterocycles. The Balaban J connectivity index is 0.962. The Morgan fingerprint density at radius 3 is 1.10 bits per heavy atom. The van der Waals surface area contributed by atoms with Gasteiger partial charge in [0.05, 0.1) is 5.41 Å². The van der Waals surface area contributed by atoms with Crippen LogP contribution in [0.25, 0.3) is 109 Å². The number of fused-ring (bicyclic) bond motifs is 18. The average Bonchev–Trinajstić information content (AvgIpc) is 3.82. The summed E-state index contributed by atoms with van der Waals surface area (Å²) >= 11 is 0. The van der Waals surface area contributed by atoms with E-state index in [1.165, 1.54) is 132 Å². The molecule has 0 amide bonds. The van der Waals surface area contributed by atoms with Crippen LogP contribution < -0.4 is 0 Å². The fourth-order valence-corrected chi connectivity index (χ4v) is 11.9. The van der Waals surface area contributed by atoms with Gasteiger partial charge in [-0.3, -0.25) is 0 Å². The molecule has 290 valence electrons. The molecule has 0 nitrogen and oxygen atoms in total. The molecule has 1 spiro atoms. The van der Waals surface area contributed by atoms with Crippen molar-refractivity contribution < 1.29 is 0 Å². The van der Waals surface area contributed by atoms with Crippen LogP contribution >= 0.6 is 0 Å². The van der Waals surface area contributed by atoms with Gasteiger partial charge in [0.2, 0.25) is 0 Å². The summed E-state index contributed by atoms with van der Waals surface area (Å²) in [6, 6.07) is 86.5. The number of hydrogen-bond donors (Lipinski definition) is 0. The molecule has 0 saturated heterocycles. The van der Waals surface area contributed by atoms with Gasteiger partial charge in [0.15, 0.2) is 0 Å². The minimum absolute atomic E-state index is 0.383. The molecular formula is C63H38. The maximum absolute atomic E-state index is 2.56. The molecule has 0 heteroatoms. The van der Waals surface area contributed by atoms with Crippen LogP contribution in [0.1, 0.15) is 22.3 Å². The Morgan fingerprint density at radius 1 is 0.190 bits per heavy atom. The summed E-state index contributed by atoms with van der Waals surface area (Å²) in [5.74, 6) is 0. The predicted octanol–water partition coefficient (Wildman–Crippen LogP) is 16.8. The lowest BCUT2D eigenvalue weighted by Gasteiger charge is -2.30. The zero-order valence-electron chi connectivity index (χ0n) is 34.4. The average molecular weight is 795 g/mol. The summed E-state index contributed by atoms with van der Waals surface area (Å²) < 4.78 is 0. The van der Waals surface area contributed by atoms with Crippen LogP contribution in [0.4, 0.5) is 0 Å². The molecule has 0 aliphatic heterocycles. The Bertz CT molecular complexity index is 3790. The van der Waals surface area contributed by atoms with Crippen molar-refractivity contribution in [3.05, 3.63) is 253 Å². The molecule has 12 aromatic carbocycles. The van der Waals surface area contributed by atoms with Gasteiger partial charge in [-0.25, -0.2) is 0 Å². The van der Waals surface area contributed by atoms with Crippen LogP contribution in [0.2, 0.25) is 0 Å². The second kappa shape index (κ2) is 13.0. The topological polar surface area (TPSA) is 0 Å². The second-order valence-corrected chi connectivity index (χ2v) is 17.4. The first-order valence-electron chi connectivity index (χ1n) is 22.1. The van der Waals surface area contributed by atoms with Crippen molar-refractivity contribution in [3.8, 4) is 55.6 Å². The molecule has 0 N–H and O–H groups in total. The van der Waals surface area contributed by atoms with E-state index in [1.54, 1.807) is 0 Å². The summed E-state index contributed by atoms with van der Waals surface area (Å²) in [6.45, 7) is 0. The molecule has 2 aliphatic carbocycles. The van der Waals surface area contributed by atoms with Crippen molar-refractivity contribution in [2.45, 2.75) is 5.41 Å². The molecule has 0 saturated carbocycles. The van der Waals surface area contributed by atoms with Crippen LogP contribution in [-0.2, 0) is 5.41 Å². The third-order valence-corrected chi connectivity index (χ3v) is 14.5. The first-order valence-corrected chi connectivity index (χ1v) is 22.1. The molecule has 0 atom stereocenters. The second-order valence-electron chi connectivity index (χ2n) is 17.4. The Kier molecular flexibility index (Phi) is 7.13. The molecule has 0 unspecified atom stereocenters. The zero-order chi connectivity index (χ0) is 41.2. The minimum atomic E-state index is -0.383. The Hall–Kier alpha value is -8.06. The van der Waals surface area contributed by atoms with Crippen molar-refractivity contribution in [1.82, 2.24) is 0 Å². The van der Waals surface area contributed by atoms with E-state index >= 15 is 0 Å². The molecule has 14 rings (SSSR count). The van der Waals surface area contributed by atoms with Crippen LogP contribution in [0.3, 0.4) is 0 Å². The van der Waals surface area contributed by atoms with Gasteiger partial charge in [0.25, 0.3) is 0 Å². The summed E-state index contributed by atoms with van der Waals surface area (Å²) in [7, 11) is 0. The van der Waals surface area contributed by atoms with Gasteiger partial charge < -0.3 is 0 Å². The summed E-state index contributed by atoms with van der Waals surface area (Å²) in [5.41, 5.74) is 17.9. The van der Waals surface area contributed by atoms with Gasteiger partial charge in [0, 0.05) is 0 Å². The van der Waals surface area contributed by atoms with E-state index in [0.29, 0.717) is 0 Å². The summed E-state index contributed by atoms with van der Waals surface area (Å²) in [6.07, 6.45) is 0.